The van der Waals surface area contributed by atoms with Gasteiger partial charge < -0.3 is 15.5 Å². The van der Waals surface area contributed by atoms with Gasteiger partial charge in [0, 0.05) is 18.0 Å². The van der Waals surface area contributed by atoms with E-state index in [9.17, 15) is 18.4 Å². The molecular formula is C20H30F2N4O3. The molecule has 1 fully saturated rings. The number of amides is 2. The largest absolute Gasteiger partial charge is 0.488 e. The molecule has 2 rings (SSSR count). The van der Waals surface area contributed by atoms with Crippen LogP contribution in [0.5, 0.6) is 5.75 Å². The molecule has 1 aromatic rings. The van der Waals surface area contributed by atoms with E-state index in [0.717, 1.165) is 24.9 Å². The highest BCUT2D eigenvalue weighted by molar-refractivity contribution is 6.00. The standard InChI is InChI=1S/C20H30F2N4O3/c1-20(2,10-3-4-11-23-16-8-9-18(27)24-19(16)28)26-25-14-6-5-7-15(12-14)29-13-17(21)22/h5-7,12,16-17,23,25-26H,3-4,8-11,13H2,1-2H3,(H,24,27,28). The van der Waals surface area contributed by atoms with Crippen molar-refractivity contribution in [1.82, 2.24) is 16.1 Å². The van der Waals surface area contributed by atoms with Gasteiger partial charge in [-0.15, -0.1) is 0 Å². The van der Waals surface area contributed by atoms with E-state index in [1.54, 1.807) is 18.2 Å². The fraction of sp³-hybridized carbons (Fsp3) is 0.600. The Morgan fingerprint density at radius 2 is 2.07 bits per heavy atom. The van der Waals surface area contributed by atoms with E-state index in [2.05, 4.69) is 35.3 Å². The Labute approximate surface area is 169 Å². The van der Waals surface area contributed by atoms with Crippen molar-refractivity contribution >= 4 is 17.5 Å². The molecule has 1 aromatic carbocycles. The number of halogens is 2. The summed E-state index contributed by atoms with van der Waals surface area (Å²) in [6.07, 6.45) is 1.15. The minimum absolute atomic E-state index is 0.200. The number of carbonyl (C=O) groups excluding carboxylic acids is 2. The van der Waals surface area contributed by atoms with Gasteiger partial charge in [0.15, 0.2) is 0 Å². The lowest BCUT2D eigenvalue weighted by Crippen LogP contribution is -2.50. The normalized spacial score (nSPS) is 17.3. The Hall–Kier alpha value is -2.26. The summed E-state index contributed by atoms with van der Waals surface area (Å²) in [5.74, 6) is -0.0684. The molecule has 1 aliphatic rings. The number of rotatable bonds is 12. The quantitative estimate of drug-likeness (QED) is 0.240. The highest BCUT2D eigenvalue weighted by Crippen LogP contribution is 2.19. The molecule has 0 saturated carbocycles. The number of anilines is 1. The lowest BCUT2D eigenvalue weighted by Gasteiger charge is -2.27. The maximum Gasteiger partial charge on any atom is 0.272 e. The number of hydrogen-bond acceptors (Lipinski definition) is 6. The number of carbonyl (C=O) groups is 2. The predicted octanol–water partition coefficient (Wildman–Crippen LogP) is 2.59. The van der Waals surface area contributed by atoms with Crippen molar-refractivity contribution in [3.8, 4) is 5.75 Å². The molecule has 2 amide bonds. The van der Waals surface area contributed by atoms with Gasteiger partial charge in [-0.05, 0) is 51.8 Å². The second-order valence-electron chi connectivity index (χ2n) is 7.78. The summed E-state index contributed by atoms with van der Waals surface area (Å²) < 4.78 is 29.5. The molecule has 29 heavy (non-hydrogen) atoms. The molecular weight excluding hydrogens is 382 g/mol. The van der Waals surface area contributed by atoms with E-state index in [1.807, 2.05) is 6.07 Å². The number of imide groups is 1. The average Bonchev–Trinajstić information content (AvgIpc) is 2.66. The van der Waals surface area contributed by atoms with Crippen LogP contribution in [0.1, 0.15) is 46.0 Å². The van der Waals surface area contributed by atoms with Crippen molar-refractivity contribution in [1.29, 1.82) is 0 Å². The Morgan fingerprint density at radius 3 is 2.79 bits per heavy atom. The minimum atomic E-state index is -2.51. The lowest BCUT2D eigenvalue weighted by molar-refractivity contribution is -0.134. The van der Waals surface area contributed by atoms with E-state index < -0.39 is 13.0 Å². The average molecular weight is 412 g/mol. The van der Waals surface area contributed by atoms with Crippen molar-refractivity contribution in [2.45, 2.75) is 64.0 Å². The molecule has 9 heteroatoms. The van der Waals surface area contributed by atoms with Gasteiger partial charge in [0.1, 0.15) is 12.4 Å². The van der Waals surface area contributed by atoms with Gasteiger partial charge in [-0.2, -0.15) is 0 Å². The maximum atomic E-state index is 12.2. The molecule has 0 radical (unpaired) electrons. The van der Waals surface area contributed by atoms with Crippen molar-refractivity contribution in [2.75, 3.05) is 18.6 Å². The number of piperidine rings is 1. The van der Waals surface area contributed by atoms with Crippen LogP contribution in [0.25, 0.3) is 0 Å². The first-order valence-electron chi connectivity index (χ1n) is 9.86. The van der Waals surface area contributed by atoms with Crippen molar-refractivity contribution in [3.63, 3.8) is 0 Å². The minimum Gasteiger partial charge on any atom is -0.488 e. The SMILES string of the molecule is CC(C)(CCCCNC1CCC(=O)NC1=O)NNc1cccc(OCC(F)F)c1. The molecule has 1 unspecified atom stereocenters. The zero-order valence-corrected chi connectivity index (χ0v) is 16.9. The molecule has 1 aliphatic heterocycles. The number of hydrogen-bond donors (Lipinski definition) is 4. The molecule has 1 heterocycles. The number of alkyl halides is 2. The van der Waals surface area contributed by atoms with Gasteiger partial charge in [0.05, 0.1) is 11.7 Å². The number of nitrogens with one attached hydrogen (secondary N) is 4. The smallest absolute Gasteiger partial charge is 0.272 e. The summed E-state index contributed by atoms with van der Waals surface area (Å²) in [6.45, 7) is 4.20. The summed E-state index contributed by atoms with van der Waals surface area (Å²) in [5, 5.41) is 5.53. The first kappa shape index (κ1) is 23.0. The second-order valence-corrected chi connectivity index (χ2v) is 7.78. The van der Waals surface area contributed by atoms with Crippen LogP contribution in [-0.4, -0.2) is 43.0 Å². The summed E-state index contributed by atoms with van der Waals surface area (Å²) in [4.78, 5) is 22.8. The van der Waals surface area contributed by atoms with E-state index in [0.29, 0.717) is 25.1 Å². The Balaban J connectivity index is 1.65. The van der Waals surface area contributed by atoms with Gasteiger partial charge in [-0.25, -0.2) is 14.2 Å². The van der Waals surface area contributed by atoms with Gasteiger partial charge in [-0.1, -0.05) is 12.5 Å². The summed E-state index contributed by atoms with van der Waals surface area (Å²) >= 11 is 0. The van der Waals surface area contributed by atoms with E-state index in [4.69, 9.17) is 4.74 Å². The van der Waals surface area contributed by atoms with E-state index in [1.165, 1.54) is 0 Å². The second kappa shape index (κ2) is 11.1. The molecule has 0 aliphatic carbocycles. The molecule has 0 spiro atoms. The van der Waals surface area contributed by atoms with Crippen LogP contribution in [0.2, 0.25) is 0 Å². The van der Waals surface area contributed by atoms with Gasteiger partial charge >= 0.3 is 0 Å². The third-order valence-corrected chi connectivity index (χ3v) is 4.61. The van der Waals surface area contributed by atoms with E-state index in [-0.39, 0.29) is 23.4 Å². The van der Waals surface area contributed by atoms with Crippen LogP contribution in [-0.2, 0) is 9.59 Å². The zero-order valence-electron chi connectivity index (χ0n) is 16.9. The zero-order chi connectivity index (χ0) is 21.3. The number of ether oxygens (including phenoxy) is 1. The summed E-state index contributed by atoms with van der Waals surface area (Å²) in [6, 6.07) is 6.56. The van der Waals surface area contributed by atoms with Gasteiger partial charge in [0.25, 0.3) is 6.43 Å². The summed E-state index contributed by atoms with van der Waals surface area (Å²) in [7, 11) is 0. The maximum absolute atomic E-state index is 12.2. The fourth-order valence-electron chi connectivity index (χ4n) is 2.98. The first-order valence-corrected chi connectivity index (χ1v) is 9.86. The van der Waals surface area contributed by atoms with Crippen molar-refractivity contribution in [2.24, 2.45) is 0 Å². The molecule has 4 N–H and O–H groups in total. The predicted molar refractivity (Wildman–Crippen MR) is 107 cm³/mol. The van der Waals surface area contributed by atoms with Crippen LogP contribution in [0.3, 0.4) is 0 Å². The molecule has 0 bridgehead atoms. The first-order chi connectivity index (χ1) is 13.7. The highest BCUT2D eigenvalue weighted by Gasteiger charge is 2.25. The number of unbranched alkanes of at least 4 members (excludes halogenated alkanes) is 1. The molecule has 0 aromatic heterocycles. The van der Waals surface area contributed by atoms with Crippen molar-refractivity contribution in [3.05, 3.63) is 24.3 Å². The molecule has 7 nitrogen and oxygen atoms in total. The van der Waals surface area contributed by atoms with Crippen LogP contribution in [0.15, 0.2) is 24.3 Å². The summed E-state index contributed by atoms with van der Waals surface area (Å²) in [5.41, 5.74) is 6.87. The van der Waals surface area contributed by atoms with Gasteiger partial charge in [0.2, 0.25) is 11.8 Å². The Bertz CT molecular complexity index is 685. The molecule has 162 valence electrons. The number of hydrazine groups is 1. The highest BCUT2D eigenvalue weighted by atomic mass is 19.3. The van der Waals surface area contributed by atoms with Crippen LogP contribution in [0.4, 0.5) is 14.5 Å². The van der Waals surface area contributed by atoms with E-state index >= 15 is 0 Å². The molecule has 1 saturated heterocycles. The lowest BCUT2D eigenvalue weighted by atomic mass is 9.98. The Morgan fingerprint density at radius 1 is 1.28 bits per heavy atom. The van der Waals surface area contributed by atoms with Crippen molar-refractivity contribution < 1.29 is 23.1 Å². The topological polar surface area (TPSA) is 91.5 Å². The van der Waals surface area contributed by atoms with Crippen LogP contribution >= 0.6 is 0 Å². The monoisotopic (exact) mass is 412 g/mol. The number of benzene rings is 1. The fourth-order valence-corrected chi connectivity index (χ4v) is 2.98. The van der Waals surface area contributed by atoms with Crippen LogP contribution < -0.4 is 26.2 Å². The van der Waals surface area contributed by atoms with Crippen LogP contribution in [0, 0.1) is 0 Å². The molecule has 1 atom stereocenters. The Kier molecular flexibility index (Phi) is 8.78. The van der Waals surface area contributed by atoms with Gasteiger partial charge in [-0.3, -0.25) is 14.9 Å². The third-order valence-electron chi connectivity index (χ3n) is 4.61. The third kappa shape index (κ3) is 8.74.